The van der Waals surface area contributed by atoms with E-state index in [1.807, 2.05) is 34.6 Å². The van der Waals surface area contributed by atoms with Crippen LogP contribution in [-0.2, 0) is 9.59 Å². The van der Waals surface area contributed by atoms with Crippen LogP contribution in [0.25, 0.3) is 5.76 Å². The van der Waals surface area contributed by atoms with Crippen LogP contribution in [0.3, 0.4) is 0 Å². The molecule has 0 saturated carbocycles. The number of nitrogens with zero attached hydrogens (tertiary/aromatic N) is 1. The smallest absolute Gasteiger partial charge is 0.300 e. The van der Waals surface area contributed by atoms with E-state index in [0.29, 0.717) is 34.1 Å². The molecular formula is C31H33NO6. The predicted molar refractivity (Wildman–Crippen MR) is 147 cm³/mol. The van der Waals surface area contributed by atoms with Crippen molar-refractivity contribution in [2.45, 2.75) is 52.9 Å². The molecule has 1 fully saturated rings. The average Bonchev–Trinajstić information content (AvgIpc) is 3.15. The standard InChI is InChI=1S/C31H33NO6/c1-18(2)37-24-13-11-23(12-14-24)32-28(21-8-7-9-25(17-21)36-6)27(30(34)31(32)35)29(33)22-10-15-26(20(5)16-22)38-19(3)4/h7-19,28,33H,1-6H3/b29-27+. The van der Waals surface area contributed by atoms with Crippen LogP contribution in [0.5, 0.6) is 17.2 Å². The van der Waals surface area contributed by atoms with Gasteiger partial charge in [0, 0.05) is 11.3 Å². The quantitative estimate of drug-likeness (QED) is 0.218. The number of rotatable bonds is 8. The third-order valence-electron chi connectivity index (χ3n) is 6.15. The van der Waals surface area contributed by atoms with Crippen LogP contribution >= 0.6 is 0 Å². The molecule has 7 heteroatoms. The molecule has 0 bridgehead atoms. The first-order valence-electron chi connectivity index (χ1n) is 12.6. The molecule has 3 aromatic rings. The Morgan fingerprint density at radius 1 is 0.868 bits per heavy atom. The molecule has 3 aromatic carbocycles. The zero-order chi connectivity index (χ0) is 27.6. The zero-order valence-electron chi connectivity index (χ0n) is 22.5. The second-order valence-corrected chi connectivity index (χ2v) is 9.75. The molecular weight excluding hydrogens is 482 g/mol. The minimum absolute atomic E-state index is 0.00249. The number of ether oxygens (including phenoxy) is 3. The van der Waals surface area contributed by atoms with Crippen LogP contribution in [-0.4, -0.2) is 36.1 Å². The second kappa shape index (κ2) is 11.0. The molecule has 198 valence electrons. The maximum atomic E-state index is 13.5. The van der Waals surface area contributed by atoms with Gasteiger partial charge in [-0.3, -0.25) is 14.5 Å². The molecule has 1 N–H and O–H groups in total. The van der Waals surface area contributed by atoms with Gasteiger partial charge in [-0.2, -0.15) is 0 Å². The summed E-state index contributed by atoms with van der Waals surface area (Å²) in [5.41, 5.74) is 2.36. The van der Waals surface area contributed by atoms with Gasteiger partial charge < -0.3 is 19.3 Å². The highest BCUT2D eigenvalue weighted by molar-refractivity contribution is 6.51. The Bertz CT molecular complexity index is 1370. The molecule has 0 aromatic heterocycles. The highest BCUT2D eigenvalue weighted by Crippen LogP contribution is 2.43. The van der Waals surface area contributed by atoms with Crippen molar-refractivity contribution in [3.05, 3.63) is 89.0 Å². The Morgan fingerprint density at radius 2 is 1.55 bits per heavy atom. The fourth-order valence-electron chi connectivity index (χ4n) is 4.52. The van der Waals surface area contributed by atoms with E-state index in [-0.39, 0.29) is 23.5 Å². The Balaban J connectivity index is 1.86. The molecule has 1 aliphatic heterocycles. The first-order valence-corrected chi connectivity index (χ1v) is 12.6. The first kappa shape index (κ1) is 26.8. The summed E-state index contributed by atoms with van der Waals surface area (Å²) in [4.78, 5) is 28.3. The van der Waals surface area contributed by atoms with E-state index in [2.05, 4.69) is 0 Å². The van der Waals surface area contributed by atoms with Crippen LogP contribution < -0.4 is 19.1 Å². The monoisotopic (exact) mass is 515 g/mol. The van der Waals surface area contributed by atoms with Crippen molar-refractivity contribution in [1.29, 1.82) is 0 Å². The number of aliphatic hydroxyl groups excluding tert-OH is 1. The van der Waals surface area contributed by atoms with Crippen molar-refractivity contribution in [2.24, 2.45) is 0 Å². The third kappa shape index (κ3) is 5.37. The minimum atomic E-state index is -0.867. The number of methoxy groups -OCH3 is 1. The minimum Gasteiger partial charge on any atom is -0.507 e. The van der Waals surface area contributed by atoms with Crippen LogP contribution in [0.1, 0.15) is 50.4 Å². The van der Waals surface area contributed by atoms with Gasteiger partial charge in [0.25, 0.3) is 11.7 Å². The molecule has 4 rings (SSSR count). The average molecular weight is 516 g/mol. The number of anilines is 1. The van der Waals surface area contributed by atoms with Crippen molar-refractivity contribution in [1.82, 2.24) is 0 Å². The number of Topliss-reactive ketones (excluding diaryl/α,β-unsaturated/α-hetero) is 1. The lowest BCUT2D eigenvalue weighted by molar-refractivity contribution is -0.132. The van der Waals surface area contributed by atoms with Gasteiger partial charge in [-0.1, -0.05) is 12.1 Å². The van der Waals surface area contributed by atoms with Gasteiger partial charge in [-0.15, -0.1) is 0 Å². The molecule has 38 heavy (non-hydrogen) atoms. The van der Waals surface area contributed by atoms with Crippen molar-refractivity contribution < 1.29 is 28.9 Å². The highest BCUT2D eigenvalue weighted by Gasteiger charge is 2.47. The zero-order valence-corrected chi connectivity index (χ0v) is 22.5. The molecule has 0 radical (unpaired) electrons. The number of ketones is 1. The largest absolute Gasteiger partial charge is 0.507 e. The van der Waals surface area contributed by atoms with Crippen molar-refractivity contribution in [3.8, 4) is 17.2 Å². The van der Waals surface area contributed by atoms with Gasteiger partial charge in [0.15, 0.2) is 0 Å². The maximum absolute atomic E-state index is 13.5. The lowest BCUT2D eigenvalue weighted by atomic mass is 9.94. The number of amides is 1. The fraction of sp³-hybridized carbons (Fsp3) is 0.290. The molecule has 1 saturated heterocycles. The topological polar surface area (TPSA) is 85.3 Å². The van der Waals surface area contributed by atoms with E-state index in [1.165, 1.54) is 4.90 Å². The maximum Gasteiger partial charge on any atom is 0.300 e. The van der Waals surface area contributed by atoms with Gasteiger partial charge in [0.1, 0.15) is 23.0 Å². The Kier molecular flexibility index (Phi) is 7.76. The summed E-state index contributed by atoms with van der Waals surface area (Å²) < 4.78 is 17.0. The lowest BCUT2D eigenvalue weighted by Gasteiger charge is -2.26. The molecule has 1 amide bonds. The summed E-state index contributed by atoms with van der Waals surface area (Å²) in [5, 5.41) is 11.5. The lowest BCUT2D eigenvalue weighted by Crippen LogP contribution is -2.29. The number of benzene rings is 3. The molecule has 1 aliphatic rings. The van der Waals surface area contributed by atoms with E-state index < -0.39 is 17.7 Å². The normalized spacial score (nSPS) is 16.8. The Hall–Kier alpha value is -4.26. The summed E-state index contributed by atoms with van der Waals surface area (Å²) in [6, 6.07) is 18.5. The van der Waals surface area contributed by atoms with Crippen LogP contribution in [0.2, 0.25) is 0 Å². The van der Waals surface area contributed by atoms with E-state index >= 15 is 0 Å². The summed E-state index contributed by atoms with van der Waals surface area (Å²) >= 11 is 0. The fourth-order valence-corrected chi connectivity index (χ4v) is 4.52. The third-order valence-corrected chi connectivity index (χ3v) is 6.15. The molecule has 1 atom stereocenters. The van der Waals surface area contributed by atoms with Gasteiger partial charge in [0.2, 0.25) is 0 Å². The number of hydrogen-bond acceptors (Lipinski definition) is 6. The van der Waals surface area contributed by atoms with E-state index in [0.717, 1.165) is 5.56 Å². The van der Waals surface area contributed by atoms with E-state index in [9.17, 15) is 14.7 Å². The van der Waals surface area contributed by atoms with Gasteiger partial charge >= 0.3 is 0 Å². The predicted octanol–water partition coefficient (Wildman–Crippen LogP) is 6.20. The number of aliphatic hydroxyl groups is 1. The van der Waals surface area contributed by atoms with Crippen LogP contribution in [0.4, 0.5) is 5.69 Å². The van der Waals surface area contributed by atoms with Crippen LogP contribution in [0, 0.1) is 6.92 Å². The number of hydrogen-bond donors (Lipinski definition) is 1. The van der Waals surface area contributed by atoms with Gasteiger partial charge in [-0.05, 0) is 100 Å². The van der Waals surface area contributed by atoms with Crippen molar-refractivity contribution >= 4 is 23.1 Å². The van der Waals surface area contributed by atoms with Crippen molar-refractivity contribution in [2.75, 3.05) is 12.0 Å². The molecule has 0 spiro atoms. The molecule has 7 nitrogen and oxygen atoms in total. The summed E-state index contributed by atoms with van der Waals surface area (Å²) in [6.45, 7) is 9.60. The number of aryl methyl sites for hydroxylation is 1. The second-order valence-electron chi connectivity index (χ2n) is 9.75. The van der Waals surface area contributed by atoms with Gasteiger partial charge in [0.05, 0.1) is 30.9 Å². The summed E-state index contributed by atoms with van der Waals surface area (Å²) in [7, 11) is 1.55. The van der Waals surface area contributed by atoms with E-state index in [1.54, 1.807) is 73.8 Å². The highest BCUT2D eigenvalue weighted by atomic mass is 16.5. The van der Waals surface area contributed by atoms with Crippen LogP contribution in [0.15, 0.2) is 72.3 Å². The number of carbonyl (C=O) groups excluding carboxylic acids is 2. The number of carbonyl (C=O) groups is 2. The summed E-state index contributed by atoms with van der Waals surface area (Å²) in [6.07, 6.45) is -0.0171. The summed E-state index contributed by atoms with van der Waals surface area (Å²) in [5.74, 6) is 0.159. The van der Waals surface area contributed by atoms with Crippen molar-refractivity contribution in [3.63, 3.8) is 0 Å². The van der Waals surface area contributed by atoms with Gasteiger partial charge in [-0.25, -0.2) is 0 Å². The molecule has 0 aliphatic carbocycles. The first-order chi connectivity index (χ1) is 18.1. The molecule has 1 heterocycles. The van der Waals surface area contributed by atoms with E-state index in [4.69, 9.17) is 14.2 Å². The Labute approximate surface area is 223 Å². The SMILES string of the molecule is COc1cccc(C2/C(=C(\O)c3ccc(OC(C)C)c(C)c3)C(=O)C(=O)N2c2ccc(OC(C)C)cc2)c1. The molecule has 1 unspecified atom stereocenters. The Morgan fingerprint density at radius 3 is 2.16 bits per heavy atom.